The number of aromatic nitrogens is 6. The second-order valence-electron chi connectivity index (χ2n) is 8.33. The van der Waals surface area contributed by atoms with Crippen LogP contribution in [0.15, 0.2) is 58.1 Å². The van der Waals surface area contributed by atoms with Crippen LogP contribution in [0.25, 0.3) is 39.6 Å². The Morgan fingerprint density at radius 1 is 1.12 bits per heavy atom. The van der Waals surface area contributed by atoms with Gasteiger partial charge in [-0.1, -0.05) is 6.07 Å². The summed E-state index contributed by atoms with van der Waals surface area (Å²) in [7, 11) is 1.83. The molecule has 1 aliphatic carbocycles. The molecule has 1 saturated carbocycles. The molecule has 8 nitrogen and oxygen atoms in total. The molecule has 1 fully saturated rings. The van der Waals surface area contributed by atoms with E-state index in [0.717, 1.165) is 35.0 Å². The highest BCUT2D eigenvalue weighted by molar-refractivity contribution is 5.81. The molecule has 1 aromatic carbocycles. The Kier molecular flexibility index (Phi) is 4.26. The third-order valence-electron chi connectivity index (χ3n) is 5.88. The third kappa shape index (κ3) is 3.32. The molecule has 0 amide bonds. The number of benzene rings is 1. The van der Waals surface area contributed by atoms with Crippen molar-refractivity contribution >= 4 is 10.9 Å². The van der Waals surface area contributed by atoms with Crippen LogP contribution in [0.4, 0.5) is 4.39 Å². The molecule has 0 spiro atoms. The highest BCUT2D eigenvalue weighted by Gasteiger charge is 2.27. The Labute approximate surface area is 187 Å². The van der Waals surface area contributed by atoms with Crippen LogP contribution in [0, 0.1) is 12.7 Å². The summed E-state index contributed by atoms with van der Waals surface area (Å²) in [4.78, 5) is 26.1. The van der Waals surface area contributed by atoms with E-state index >= 15 is 0 Å². The molecule has 164 valence electrons. The highest BCUT2D eigenvalue weighted by atomic mass is 19.1. The van der Waals surface area contributed by atoms with Crippen LogP contribution < -0.4 is 5.69 Å². The number of fused-ring (bicyclic) bond motifs is 1. The topological polar surface area (TPSA) is 91.6 Å². The van der Waals surface area contributed by atoms with Crippen LogP contribution in [-0.4, -0.2) is 29.3 Å². The first-order chi connectivity index (χ1) is 16.0. The maximum absolute atomic E-state index is 14.9. The average molecular weight is 442 g/mol. The fourth-order valence-electron chi connectivity index (χ4n) is 3.91. The lowest BCUT2D eigenvalue weighted by molar-refractivity contribution is 0.572. The van der Waals surface area contributed by atoms with Crippen molar-refractivity contribution in [3.05, 3.63) is 76.5 Å². The van der Waals surface area contributed by atoms with E-state index in [9.17, 15) is 9.18 Å². The van der Waals surface area contributed by atoms with E-state index in [1.54, 1.807) is 48.4 Å². The maximum atomic E-state index is 14.9. The summed E-state index contributed by atoms with van der Waals surface area (Å²) in [5.41, 5.74) is 2.57. The number of hydrogen-bond acceptors (Lipinski definition) is 6. The molecule has 0 atom stereocenters. The first-order valence-electron chi connectivity index (χ1n) is 10.6. The van der Waals surface area contributed by atoms with Crippen molar-refractivity contribution in [2.75, 3.05) is 0 Å². The minimum absolute atomic E-state index is 0.138. The SMILES string of the molecule is Cc1ccc(-c2oc(-c3cc4cnn(C)c4cn3)nc2-n2ccc(C3CC3)nc2=O)c(F)c1. The van der Waals surface area contributed by atoms with Gasteiger partial charge in [0.25, 0.3) is 0 Å². The van der Waals surface area contributed by atoms with E-state index in [4.69, 9.17) is 4.42 Å². The molecule has 0 unspecified atom stereocenters. The van der Waals surface area contributed by atoms with Gasteiger partial charge in [-0.2, -0.15) is 15.1 Å². The molecule has 6 rings (SSSR count). The van der Waals surface area contributed by atoms with Crippen LogP contribution in [-0.2, 0) is 7.05 Å². The molecule has 0 N–H and O–H groups in total. The van der Waals surface area contributed by atoms with Gasteiger partial charge in [0.1, 0.15) is 11.5 Å². The van der Waals surface area contributed by atoms with Crippen molar-refractivity contribution in [2.24, 2.45) is 7.05 Å². The summed E-state index contributed by atoms with van der Waals surface area (Å²) in [5.74, 6) is 0.345. The summed E-state index contributed by atoms with van der Waals surface area (Å²) in [6.45, 7) is 1.80. The van der Waals surface area contributed by atoms with Crippen molar-refractivity contribution in [3.63, 3.8) is 0 Å². The predicted octanol–water partition coefficient (Wildman–Crippen LogP) is 4.16. The molecule has 5 aromatic rings. The number of oxazole rings is 1. The molecule has 1 aliphatic rings. The highest BCUT2D eigenvalue weighted by Crippen LogP contribution is 2.38. The minimum Gasteiger partial charge on any atom is -0.432 e. The number of nitrogens with zero attached hydrogens (tertiary/aromatic N) is 6. The second-order valence-corrected chi connectivity index (χ2v) is 8.33. The van der Waals surface area contributed by atoms with Crippen LogP contribution in [0.1, 0.15) is 30.0 Å². The van der Waals surface area contributed by atoms with E-state index in [-0.39, 0.29) is 23.0 Å². The van der Waals surface area contributed by atoms with Gasteiger partial charge in [0.2, 0.25) is 5.89 Å². The fraction of sp³-hybridized carbons (Fsp3) is 0.208. The van der Waals surface area contributed by atoms with Crippen molar-refractivity contribution in [3.8, 4) is 28.7 Å². The zero-order chi connectivity index (χ0) is 22.7. The summed E-state index contributed by atoms with van der Waals surface area (Å²) < 4.78 is 24.0. The lowest BCUT2D eigenvalue weighted by Gasteiger charge is -2.06. The second kappa shape index (κ2) is 7.19. The van der Waals surface area contributed by atoms with Crippen molar-refractivity contribution in [1.29, 1.82) is 0 Å². The van der Waals surface area contributed by atoms with Gasteiger partial charge in [0, 0.05) is 24.5 Å². The summed E-state index contributed by atoms with van der Waals surface area (Å²) >= 11 is 0. The lowest BCUT2D eigenvalue weighted by atomic mass is 10.1. The van der Waals surface area contributed by atoms with Gasteiger partial charge in [-0.25, -0.2) is 18.7 Å². The van der Waals surface area contributed by atoms with Gasteiger partial charge in [-0.05, 0) is 49.6 Å². The van der Waals surface area contributed by atoms with Crippen molar-refractivity contribution in [2.45, 2.75) is 25.7 Å². The smallest absolute Gasteiger partial charge is 0.353 e. The number of pyridine rings is 1. The molecule has 0 saturated heterocycles. The van der Waals surface area contributed by atoms with Crippen LogP contribution >= 0.6 is 0 Å². The van der Waals surface area contributed by atoms with Crippen LogP contribution in [0.2, 0.25) is 0 Å². The standard InChI is InChI=1S/C24H19FN6O2/c1-13-3-6-16(17(25)9-13)21-22(31-8-7-18(14-4-5-14)28-24(31)32)29-23(33-21)19-10-15-11-27-30(2)20(15)12-26-19/h3,6-12,14H,4-5H2,1-2H3. The van der Waals surface area contributed by atoms with Gasteiger partial charge in [-0.15, -0.1) is 0 Å². The molecule has 9 heteroatoms. The fourth-order valence-corrected chi connectivity index (χ4v) is 3.91. The Morgan fingerprint density at radius 3 is 2.73 bits per heavy atom. The lowest BCUT2D eigenvalue weighted by Crippen LogP contribution is -2.22. The molecule has 33 heavy (non-hydrogen) atoms. The van der Waals surface area contributed by atoms with Crippen molar-refractivity contribution in [1.82, 2.24) is 29.3 Å². The van der Waals surface area contributed by atoms with Crippen LogP contribution in [0.5, 0.6) is 0 Å². The molecule has 4 heterocycles. The minimum atomic E-state index is -0.483. The third-order valence-corrected chi connectivity index (χ3v) is 5.88. The van der Waals surface area contributed by atoms with Gasteiger partial charge in [0.15, 0.2) is 11.6 Å². The van der Waals surface area contributed by atoms with Gasteiger partial charge < -0.3 is 4.42 Å². The Balaban J connectivity index is 1.55. The van der Waals surface area contributed by atoms with E-state index in [1.807, 2.05) is 13.1 Å². The molecule has 0 radical (unpaired) electrons. The quantitative estimate of drug-likeness (QED) is 0.415. The van der Waals surface area contributed by atoms with Gasteiger partial charge in [-0.3, -0.25) is 4.68 Å². The van der Waals surface area contributed by atoms with E-state index in [1.165, 1.54) is 10.6 Å². The predicted molar refractivity (Wildman–Crippen MR) is 120 cm³/mol. The number of hydrogen-bond donors (Lipinski definition) is 0. The zero-order valence-corrected chi connectivity index (χ0v) is 18.0. The Bertz CT molecular complexity index is 1590. The van der Waals surface area contributed by atoms with Gasteiger partial charge in [0.05, 0.1) is 29.2 Å². The maximum Gasteiger partial charge on any atom is 0.353 e. The van der Waals surface area contributed by atoms with Crippen molar-refractivity contribution < 1.29 is 8.81 Å². The molecular formula is C24H19FN6O2. The van der Waals surface area contributed by atoms with E-state index in [2.05, 4.69) is 20.1 Å². The number of aryl methyl sites for hydroxylation is 2. The van der Waals surface area contributed by atoms with E-state index in [0.29, 0.717) is 11.6 Å². The van der Waals surface area contributed by atoms with E-state index < -0.39 is 11.5 Å². The first kappa shape index (κ1) is 19.5. The number of rotatable bonds is 4. The number of halogens is 1. The largest absolute Gasteiger partial charge is 0.432 e. The first-order valence-corrected chi connectivity index (χ1v) is 10.6. The molecule has 4 aromatic heterocycles. The molecule has 0 bridgehead atoms. The van der Waals surface area contributed by atoms with Crippen LogP contribution in [0.3, 0.4) is 0 Å². The molecular weight excluding hydrogens is 423 g/mol. The zero-order valence-electron chi connectivity index (χ0n) is 18.0. The Hall–Kier alpha value is -4.14. The average Bonchev–Trinajstić information content (AvgIpc) is 3.46. The Morgan fingerprint density at radius 2 is 1.97 bits per heavy atom. The molecule has 0 aliphatic heterocycles. The summed E-state index contributed by atoms with van der Waals surface area (Å²) in [5, 5.41) is 5.09. The monoisotopic (exact) mass is 442 g/mol. The van der Waals surface area contributed by atoms with Gasteiger partial charge >= 0.3 is 5.69 Å². The summed E-state index contributed by atoms with van der Waals surface area (Å²) in [6, 6.07) is 8.42. The summed E-state index contributed by atoms with van der Waals surface area (Å²) in [6.07, 6.45) is 7.08. The normalized spacial score (nSPS) is 13.7.